The highest BCUT2D eigenvalue weighted by atomic mass is 32.1. The van der Waals surface area contributed by atoms with Crippen LogP contribution in [0.1, 0.15) is 30.3 Å². The number of aromatic nitrogens is 2. The highest BCUT2D eigenvalue weighted by molar-refractivity contribution is 7.14. The molecule has 3 nitrogen and oxygen atoms in total. The second-order valence-electron chi connectivity index (χ2n) is 4.67. The van der Waals surface area contributed by atoms with E-state index in [1.165, 1.54) is 17.5 Å². The maximum atomic E-state index is 4.31. The number of benzene rings is 1. The maximum Gasteiger partial charge on any atom is 0.148 e. The van der Waals surface area contributed by atoms with Crippen molar-refractivity contribution in [3.63, 3.8) is 0 Å². The molecule has 19 heavy (non-hydrogen) atoms. The Kier molecular flexibility index (Phi) is 5.48. The van der Waals surface area contributed by atoms with Crippen LogP contribution in [-0.2, 0) is 6.42 Å². The number of hydrogen-bond donors (Lipinski definition) is 1. The zero-order valence-electron chi connectivity index (χ0n) is 11.6. The molecule has 2 aromatic rings. The van der Waals surface area contributed by atoms with Gasteiger partial charge >= 0.3 is 0 Å². The largest absolute Gasteiger partial charge is 0.317 e. The summed E-state index contributed by atoms with van der Waals surface area (Å²) in [6.45, 7) is 6.47. The molecule has 0 saturated carbocycles. The first-order valence-corrected chi connectivity index (χ1v) is 7.72. The lowest BCUT2D eigenvalue weighted by molar-refractivity contribution is 0.637. The van der Waals surface area contributed by atoms with E-state index in [4.69, 9.17) is 0 Å². The van der Waals surface area contributed by atoms with Gasteiger partial charge in [0.05, 0.1) is 0 Å². The second kappa shape index (κ2) is 7.36. The third-order valence-electron chi connectivity index (χ3n) is 3.01. The summed E-state index contributed by atoms with van der Waals surface area (Å²) in [5.41, 5.74) is 2.46. The molecule has 1 aromatic heterocycles. The molecule has 0 bridgehead atoms. The van der Waals surface area contributed by atoms with E-state index in [9.17, 15) is 0 Å². The molecule has 0 amide bonds. The summed E-state index contributed by atoms with van der Waals surface area (Å²) in [5, 5.41) is 14.2. The van der Waals surface area contributed by atoms with Gasteiger partial charge in [-0.2, -0.15) is 0 Å². The maximum absolute atomic E-state index is 4.31. The zero-order valence-corrected chi connectivity index (χ0v) is 12.5. The molecule has 4 heteroatoms. The molecule has 0 radical (unpaired) electrons. The van der Waals surface area contributed by atoms with Crippen LogP contribution in [0.3, 0.4) is 0 Å². The fourth-order valence-corrected chi connectivity index (χ4v) is 2.91. The highest BCUT2D eigenvalue weighted by Crippen LogP contribution is 2.26. The van der Waals surface area contributed by atoms with Gasteiger partial charge in [0.2, 0.25) is 0 Å². The summed E-state index contributed by atoms with van der Waals surface area (Å²) < 4.78 is 0. The second-order valence-corrected chi connectivity index (χ2v) is 5.73. The van der Waals surface area contributed by atoms with Crippen molar-refractivity contribution in [2.75, 3.05) is 13.1 Å². The van der Waals surface area contributed by atoms with Gasteiger partial charge in [-0.15, -0.1) is 10.2 Å². The molecule has 1 N–H and O–H groups in total. The normalized spacial score (nSPS) is 10.8. The first-order chi connectivity index (χ1) is 9.31. The molecular weight excluding hydrogens is 254 g/mol. The van der Waals surface area contributed by atoms with Crippen molar-refractivity contribution in [2.45, 2.75) is 33.1 Å². The standard InChI is InChI=1S/C15H21N3S/c1-3-10-16-11-6-9-14-17-18-15(19-14)13-8-5-4-7-12(13)2/h4-5,7-8,16H,3,6,9-11H2,1-2H3. The first kappa shape index (κ1) is 14.2. The Hall–Kier alpha value is -1.26. The lowest BCUT2D eigenvalue weighted by Gasteiger charge is -2.00. The molecule has 0 unspecified atom stereocenters. The van der Waals surface area contributed by atoms with Gasteiger partial charge in [-0.1, -0.05) is 42.5 Å². The Bertz CT molecular complexity index is 508. The number of nitrogens with zero attached hydrogens (tertiary/aromatic N) is 2. The van der Waals surface area contributed by atoms with E-state index < -0.39 is 0 Å². The lowest BCUT2D eigenvalue weighted by atomic mass is 10.1. The minimum atomic E-state index is 1.01. The SMILES string of the molecule is CCCNCCCc1nnc(-c2ccccc2C)s1. The number of aryl methyl sites for hydroxylation is 2. The van der Waals surface area contributed by atoms with E-state index in [1.807, 2.05) is 0 Å². The van der Waals surface area contributed by atoms with Gasteiger partial charge in [0.1, 0.15) is 10.0 Å². The van der Waals surface area contributed by atoms with Crippen molar-refractivity contribution in [1.29, 1.82) is 0 Å². The van der Waals surface area contributed by atoms with Crippen LogP contribution >= 0.6 is 11.3 Å². The van der Waals surface area contributed by atoms with Crippen molar-refractivity contribution >= 4 is 11.3 Å². The number of rotatable bonds is 7. The average molecular weight is 275 g/mol. The molecule has 1 aromatic carbocycles. The Morgan fingerprint density at radius 2 is 2.00 bits per heavy atom. The molecule has 0 aliphatic rings. The van der Waals surface area contributed by atoms with E-state index in [-0.39, 0.29) is 0 Å². The Balaban J connectivity index is 1.91. The predicted molar refractivity (Wildman–Crippen MR) is 81.6 cm³/mol. The molecule has 0 aliphatic heterocycles. The minimum absolute atomic E-state index is 1.01. The van der Waals surface area contributed by atoms with Crippen LogP contribution in [0, 0.1) is 6.92 Å². The first-order valence-electron chi connectivity index (χ1n) is 6.90. The molecule has 0 saturated heterocycles. The minimum Gasteiger partial charge on any atom is -0.317 e. The summed E-state index contributed by atoms with van der Waals surface area (Å²) in [4.78, 5) is 0. The average Bonchev–Trinajstić information content (AvgIpc) is 2.88. The third kappa shape index (κ3) is 4.11. The van der Waals surface area contributed by atoms with E-state index in [2.05, 4.69) is 53.6 Å². The number of hydrogen-bond acceptors (Lipinski definition) is 4. The van der Waals surface area contributed by atoms with Crippen LogP contribution in [0.2, 0.25) is 0 Å². The van der Waals surface area contributed by atoms with Gasteiger partial charge in [-0.25, -0.2) is 0 Å². The fraction of sp³-hybridized carbons (Fsp3) is 0.467. The summed E-state index contributed by atoms with van der Waals surface area (Å²) in [5.74, 6) is 0. The summed E-state index contributed by atoms with van der Waals surface area (Å²) in [6.07, 6.45) is 3.33. The molecule has 1 heterocycles. The molecular formula is C15H21N3S. The Morgan fingerprint density at radius 3 is 2.79 bits per heavy atom. The lowest BCUT2D eigenvalue weighted by Crippen LogP contribution is -2.16. The van der Waals surface area contributed by atoms with Crippen LogP contribution in [0.25, 0.3) is 10.6 Å². The Morgan fingerprint density at radius 1 is 1.16 bits per heavy atom. The monoisotopic (exact) mass is 275 g/mol. The van der Waals surface area contributed by atoms with E-state index in [0.717, 1.165) is 35.9 Å². The van der Waals surface area contributed by atoms with Crippen molar-refractivity contribution in [3.05, 3.63) is 34.8 Å². The van der Waals surface area contributed by atoms with E-state index >= 15 is 0 Å². The van der Waals surface area contributed by atoms with Crippen LogP contribution in [0.15, 0.2) is 24.3 Å². The van der Waals surface area contributed by atoms with E-state index in [0.29, 0.717) is 0 Å². The quantitative estimate of drug-likeness (QED) is 0.787. The molecule has 0 fully saturated rings. The topological polar surface area (TPSA) is 37.8 Å². The zero-order chi connectivity index (χ0) is 13.5. The van der Waals surface area contributed by atoms with Crippen molar-refractivity contribution < 1.29 is 0 Å². The fourth-order valence-electron chi connectivity index (χ4n) is 1.94. The van der Waals surface area contributed by atoms with Crippen LogP contribution < -0.4 is 5.32 Å². The van der Waals surface area contributed by atoms with Gasteiger partial charge in [-0.3, -0.25) is 0 Å². The van der Waals surface area contributed by atoms with Gasteiger partial charge in [0, 0.05) is 12.0 Å². The van der Waals surface area contributed by atoms with Gasteiger partial charge in [0.15, 0.2) is 0 Å². The predicted octanol–water partition coefficient (Wildman–Crippen LogP) is 3.45. The summed E-state index contributed by atoms with van der Waals surface area (Å²) in [7, 11) is 0. The van der Waals surface area contributed by atoms with Gasteiger partial charge in [-0.05, 0) is 38.4 Å². The van der Waals surface area contributed by atoms with Crippen molar-refractivity contribution in [3.8, 4) is 10.6 Å². The van der Waals surface area contributed by atoms with Gasteiger partial charge < -0.3 is 5.32 Å². The van der Waals surface area contributed by atoms with Crippen molar-refractivity contribution in [1.82, 2.24) is 15.5 Å². The van der Waals surface area contributed by atoms with E-state index in [1.54, 1.807) is 11.3 Å². The van der Waals surface area contributed by atoms with Gasteiger partial charge in [0.25, 0.3) is 0 Å². The smallest absolute Gasteiger partial charge is 0.148 e. The van der Waals surface area contributed by atoms with Crippen molar-refractivity contribution in [2.24, 2.45) is 0 Å². The molecule has 102 valence electrons. The molecule has 2 rings (SSSR count). The Labute approximate surface area is 119 Å². The summed E-state index contributed by atoms with van der Waals surface area (Å²) in [6, 6.07) is 8.34. The van der Waals surface area contributed by atoms with Crippen LogP contribution in [0.4, 0.5) is 0 Å². The van der Waals surface area contributed by atoms with Crippen LogP contribution in [0.5, 0.6) is 0 Å². The molecule has 0 atom stereocenters. The molecule has 0 spiro atoms. The summed E-state index contributed by atoms with van der Waals surface area (Å²) >= 11 is 1.71. The number of nitrogens with one attached hydrogen (secondary N) is 1. The molecule has 0 aliphatic carbocycles. The van der Waals surface area contributed by atoms with Crippen LogP contribution in [-0.4, -0.2) is 23.3 Å². The third-order valence-corrected chi connectivity index (χ3v) is 4.03. The highest BCUT2D eigenvalue weighted by Gasteiger charge is 2.08.